The molecule has 0 aromatic heterocycles. The molecule has 1 atom stereocenters. The standard InChI is InChI=1S/C7H13NO/c1-5(2)7(3)4-8-6(7)9/h5H,4H2,1-3H3,(H,8,9)/t7-/m0/s1. The van der Waals surface area contributed by atoms with Crippen LogP contribution in [-0.4, -0.2) is 12.5 Å². The third-order valence-electron chi connectivity index (χ3n) is 2.41. The highest BCUT2D eigenvalue weighted by Crippen LogP contribution is 2.31. The van der Waals surface area contributed by atoms with Crippen LogP contribution in [0.4, 0.5) is 0 Å². The van der Waals surface area contributed by atoms with E-state index in [-0.39, 0.29) is 11.3 Å². The number of nitrogens with one attached hydrogen (secondary N) is 1. The van der Waals surface area contributed by atoms with Crippen LogP contribution in [0.5, 0.6) is 0 Å². The quantitative estimate of drug-likeness (QED) is 0.518. The SMILES string of the molecule is CC(C)[C@]1(C)CNC1=O. The molecule has 0 bridgehead atoms. The van der Waals surface area contributed by atoms with Gasteiger partial charge >= 0.3 is 0 Å². The molecule has 0 aliphatic carbocycles. The Morgan fingerprint density at radius 3 is 2.22 bits per heavy atom. The van der Waals surface area contributed by atoms with Crippen molar-refractivity contribution in [2.75, 3.05) is 6.54 Å². The van der Waals surface area contributed by atoms with Gasteiger partial charge in [-0.15, -0.1) is 0 Å². The first kappa shape index (κ1) is 6.59. The fourth-order valence-corrected chi connectivity index (χ4v) is 0.906. The van der Waals surface area contributed by atoms with E-state index in [0.717, 1.165) is 6.54 Å². The minimum atomic E-state index is -0.0694. The Morgan fingerprint density at radius 2 is 2.22 bits per heavy atom. The second-order valence-corrected chi connectivity index (χ2v) is 3.25. The molecule has 1 saturated heterocycles. The molecule has 0 saturated carbocycles. The summed E-state index contributed by atoms with van der Waals surface area (Å²) in [4.78, 5) is 10.9. The first-order valence-corrected chi connectivity index (χ1v) is 3.35. The number of rotatable bonds is 1. The Morgan fingerprint density at radius 1 is 1.67 bits per heavy atom. The van der Waals surface area contributed by atoms with Crippen molar-refractivity contribution in [2.24, 2.45) is 11.3 Å². The summed E-state index contributed by atoms with van der Waals surface area (Å²) in [7, 11) is 0. The lowest BCUT2D eigenvalue weighted by molar-refractivity contribution is -0.141. The van der Waals surface area contributed by atoms with Crippen LogP contribution in [0, 0.1) is 11.3 Å². The van der Waals surface area contributed by atoms with Gasteiger partial charge in [0.2, 0.25) is 5.91 Å². The summed E-state index contributed by atoms with van der Waals surface area (Å²) in [5.74, 6) is 0.670. The van der Waals surface area contributed by atoms with Crippen LogP contribution in [0.2, 0.25) is 0 Å². The molecule has 1 aliphatic rings. The van der Waals surface area contributed by atoms with E-state index >= 15 is 0 Å². The lowest BCUT2D eigenvalue weighted by Gasteiger charge is -2.40. The molecule has 1 fully saturated rings. The van der Waals surface area contributed by atoms with Gasteiger partial charge in [0.15, 0.2) is 0 Å². The smallest absolute Gasteiger partial charge is 0.228 e. The maximum absolute atomic E-state index is 10.9. The van der Waals surface area contributed by atoms with Crippen molar-refractivity contribution >= 4 is 5.91 Å². The van der Waals surface area contributed by atoms with E-state index in [2.05, 4.69) is 19.2 Å². The van der Waals surface area contributed by atoms with Crippen molar-refractivity contribution in [2.45, 2.75) is 20.8 Å². The van der Waals surface area contributed by atoms with Gasteiger partial charge in [0.25, 0.3) is 0 Å². The van der Waals surface area contributed by atoms with Crippen LogP contribution in [0.15, 0.2) is 0 Å². The van der Waals surface area contributed by atoms with Crippen LogP contribution in [0.3, 0.4) is 0 Å². The van der Waals surface area contributed by atoms with E-state index in [1.54, 1.807) is 0 Å². The first-order valence-electron chi connectivity index (χ1n) is 3.35. The molecule has 1 rings (SSSR count). The first-order chi connectivity index (χ1) is 4.07. The second kappa shape index (κ2) is 1.72. The van der Waals surface area contributed by atoms with Crippen LogP contribution in [0.25, 0.3) is 0 Å². The van der Waals surface area contributed by atoms with Crippen molar-refractivity contribution < 1.29 is 4.79 Å². The highest BCUT2D eigenvalue weighted by molar-refractivity contribution is 5.88. The van der Waals surface area contributed by atoms with Crippen molar-refractivity contribution in [3.63, 3.8) is 0 Å². The number of carbonyl (C=O) groups is 1. The molecule has 0 radical (unpaired) electrons. The normalized spacial score (nSPS) is 34.0. The predicted molar refractivity (Wildman–Crippen MR) is 36.0 cm³/mol. The molecular weight excluding hydrogens is 114 g/mol. The van der Waals surface area contributed by atoms with E-state index in [0.29, 0.717) is 5.92 Å². The lowest BCUT2D eigenvalue weighted by Crippen LogP contribution is -2.59. The van der Waals surface area contributed by atoms with Crippen molar-refractivity contribution in [3.8, 4) is 0 Å². The van der Waals surface area contributed by atoms with E-state index < -0.39 is 0 Å². The Labute approximate surface area is 55.6 Å². The molecular formula is C7H13NO. The van der Waals surface area contributed by atoms with Gasteiger partial charge in [-0.25, -0.2) is 0 Å². The Kier molecular flexibility index (Phi) is 1.26. The van der Waals surface area contributed by atoms with Crippen molar-refractivity contribution in [1.29, 1.82) is 0 Å². The van der Waals surface area contributed by atoms with E-state index in [9.17, 15) is 4.79 Å². The highest BCUT2D eigenvalue weighted by Gasteiger charge is 2.43. The fraction of sp³-hybridized carbons (Fsp3) is 0.857. The summed E-state index contributed by atoms with van der Waals surface area (Å²) in [6.45, 7) is 7.03. The van der Waals surface area contributed by atoms with E-state index in [4.69, 9.17) is 0 Å². The van der Waals surface area contributed by atoms with Gasteiger partial charge in [-0.2, -0.15) is 0 Å². The molecule has 1 amide bonds. The van der Waals surface area contributed by atoms with E-state index in [1.807, 2.05) is 6.92 Å². The van der Waals surface area contributed by atoms with Gasteiger partial charge in [0, 0.05) is 6.54 Å². The monoisotopic (exact) mass is 127 g/mol. The number of carbonyl (C=O) groups excluding carboxylic acids is 1. The molecule has 2 nitrogen and oxygen atoms in total. The fourth-order valence-electron chi connectivity index (χ4n) is 0.906. The van der Waals surface area contributed by atoms with Crippen LogP contribution in [-0.2, 0) is 4.79 Å². The molecule has 0 aromatic carbocycles. The molecule has 0 spiro atoms. The average Bonchev–Trinajstić information content (AvgIpc) is 1.82. The van der Waals surface area contributed by atoms with Gasteiger partial charge in [-0.1, -0.05) is 13.8 Å². The number of amides is 1. The summed E-state index contributed by atoms with van der Waals surface area (Å²) in [6.07, 6.45) is 0. The number of hydrogen-bond donors (Lipinski definition) is 1. The van der Waals surface area contributed by atoms with E-state index in [1.165, 1.54) is 0 Å². The molecule has 52 valence electrons. The van der Waals surface area contributed by atoms with Crippen LogP contribution < -0.4 is 5.32 Å². The molecule has 1 heterocycles. The van der Waals surface area contributed by atoms with Crippen molar-refractivity contribution in [1.82, 2.24) is 5.32 Å². The minimum Gasteiger partial charge on any atom is -0.354 e. The van der Waals surface area contributed by atoms with Gasteiger partial charge < -0.3 is 5.32 Å². The van der Waals surface area contributed by atoms with Gasteiger partial charge in [-0.3, -0.25) is 4.79 Å². The summed E-state index contributed by atoms with van der Waals surface area (Å²) in [5, 5.41) is 2.74. The van der Waals surface area contributed by atoms with Crippen LogP contribution in [0.1, 0.15) is 20.8 Å². The highest BCUT2D eigenvalue weighted by atomic mass is 16.2. The third-order valence-corrected chi connectivity index (χ3v) is 2.41. The summed E-state index contributed by atoms with van der Waals surface area (Å²) >= 11 is 0. The molecule has 9 heavy (non-hydrogen) atoms. The summed E-state index contributed by atoms with van der Waals surface area (Å²) in [5.41, 5.74) is -0.0694. The Bertz CT molecular complexity index is 142. The molecule has 1 N–H and O–H groups in total. The third kappa shape index (κ3) is 0.732. The zero-order chi connectivity index (χ0) is 7.07. The zero-order valence-electron chi connectivity index (χ0n) is 6.19. The average molecular weight is 127 g/mol. The molecule has 2 heteroatoms. The van der Waals surface area contributed by atoms with Gasteiger partial charge in [0.1, 0.15) is 0 Å². The number of β-lactam (4-membered cyclic amide) rings is 1. The van der Waals surface area contributed by atoms with Crippen LogP contribution >= 0.6 is 0 Å². The second-order valence-electron chi connectivity index (χ2n) is 3.25. The number of hydrogen-bond acceptors (Lipinski definition) is 1. The van der Waals surface area contributed by atoms with Gasteiger partial charge in [0.05, 0.1) is 5.41 Å². The lowest BCUT2D eigenvalue weighted by atomic mass is 9.73. The molecule has 0 aromatic rings. The molecule has 0 unspecified atom stereocenters. The Balaban J connectivity index is 2.64. The largest absolute Gasteiger partial charge is 0.354 e. The van der Waals surface area contributed by atoms with Crippen molar-refractivity contribution in [3.05, 3.63) is 0 Å². The predicted octanol–water partition coefficient (Wildman–Crippen LogP) is 0.778. The topological polar surface area (TPSA) is 29.1 Å². The maximum Gasteiger partial charge on any atom is 0.228 e. The molecule has 1 aliphatic heterocycles. The zero-order valence-corrected chi connectivity index (χ0v) is 6.19. The maximum atomic E-state index is 10.9. The minimum absolute atomic E-state index is 0.0694. The Hall–Kier alpha value is -0.530. The summed E-state index contributed by atoms with van der Waals surface area (Å²) < 4.78 is 0. The van der Waals surface area contributed by atoms with Gasteiger partial charge in [-0.05, 0) is 12.8 Å². The summed E-state index contributed by atoms with van der Waals surface area (Å²) in [6, 6.07) is 0.